The van der Waals surface area contributed by atoms with Crippen molar-refractivity contribution >= 4 is 27.5 Å². The van der Waals surface area contributed by atoms with Crippen molar-refractivity contribution in [3.63, 3.8) is 0 Å². The van der Waals surface area contributed by atoms with E-state index in [2.05, 4.69) is 42.4 Å². The molecule has 0 bridgehead atoms. The fourth-order valence-electron chi connectivity index (χ4n) is 2.64. The van der Waals surface area contributed by atoms with Crippen molar-refractivity contribution in [1.82, 2.24) is 15.5 Å². The van der Waals surface area contributed by atoms with Gasteiger partial charge in [0.25, 0.3) is 0 Å². The first-order chi connectivity index (χ1) is 10.2. The van der Waals surface area contributed by atoms with Gasteiger partial charge in [0.2, 0.25) is 5.91 Å². The van der Waals surface area contributed by atoms with Gasteiger partial charge in [-0.1, -0.05) is 12.1 Å². The molecule has 3 rings (SSSR count). The third kappa shape index (κ3) is 3.44. The first-order valence-corrected chi connectivity index (χ1v) is 7.79. The van der Waals surface area contributed by atoms with Gasteiger partial charge < -0.3 is 10.2 Å². The molecule has 2 N–H and O–H groups in total. The Morgan fingerprint density at radius 2 is 2.29 bits per heavy atom. The summed E-state index contributed by atoms with van der Waals surface area (Å²) in [5, 5.41) is 9.75. The largest absolute Gasteiger partial charge is 0.368 e. The van der Waals surface area contributed by atoms with Crippen molar-refractivity contribution in [2.75, 3.05) is 18.0 Å². The number of nitrogens with zero attached hydrogens (tertiary/aromatic N) is 2. The lowest BCUT2D eigenvalue weighted by Crippen LogP contribution is -2.38. The van der Waals surface area contributed by atoms with E-state index in [-0.39, 0.29) is 11.9 Å². The first-order valence-electron chi connectivity index (χ1n) is 6.99. The normalized spacial score (nSPS) is 18.0. The molecule has 0 radical (unpaired) electrons. The SMILES string of the molecule is O=C(Cc1ccn[nH]1)N[C@@H]1CCN(c2ccccc2Br)C1. The van der Waals surface area contributed by atoms with Crippen LogP contribution in [0.3, 0.4) is 0 Å². The van der Waals surface area contributed by atoms with E-state index in [1.807, 2.05) is 24.3 Å². The summed E-state index contributed by atoms with van der Waals surface area (Å²) in [6, 6.07) is 10.2. The summed E-state index contributed by atoms with van der Waals surface area (Å²) < 4.78 is 1.09. The van der Waals surface area contributed by atoms with Crippen molar-refractivity contribution in [3.8, 4) is 0 Å². The number of hydrogen-bond donors (Lipinski definition) is 2. The molecule has 1 aliphatic rings. The Bertz CT molecular complexity index is 614. The van der Waals surface area contributed by atoms with E-state index in [1.165, 1.54) is 5.69 Å². The smallest absolute Gasteiger partial charge is 0.226 e. The number of halogens is 1. The van der Waals surface area contributed by atoms with Crippen LogP contribution in [0.1, 0.15) is 12.1 Å². The van der Waals surface area contributed by atoms with E-state index in [4.69, 9.17) is 0 Å². The van der Waals surface area contributed by atoms with Crippen LogP contribution in [0, 0.1) is 0 Å². The van der Waals surface area contributed by atoms with Crippen molar-refractivity contribution in [3.05, 3.63) is 46.7 Å². The molecule has 2 aromatic rings. The van der Waals surface area contributed by atoms with Gasteiger partial charge in [-0.05, 0) is 40.5 Å². The molecule has 1 aromatic carbocycles. The van der Waals surface area contributed by atoms with Gasteiger partial charge in [0, 0.05) is 35.5 Å². The zero-order valence-corrected chi connectivity index (χ0v) is 13.1. The zero-order chi connectivity index (χ0) is 14.7. The molecule has 1 aromatic heterocycles. The molecule has 1 atom stereocenters. The molecule has 0 aliphatic carbocycles. The molecule has 1 aliphatic heterocycles. The van der Waals surface area contributed by atoms with E-state index in [1.54, 1.807) is 6.20 Å². The Hall–Kier alpha value is -1.82. The minimum absolute atomic E-state index is 0.0400. The molecule has 0 spiro atoms. The van der Waals surface area contributed by atoms with Gasteiger partial charge >= 0.3 is 0 Å². The predicted molar refractivity (Wildman–Crippen MR) is 85.2 cm³/mol. The number of aromatic amines is 1. The van der Waals surface area contributed by atoms with Crippen LogP contribution >= 0.6 is 15.9 Å². The lowest BCUT2D eigenvalue weighted by molar-refractivity contribution is -0.121. The maximum Gasteiger partial charge on any atom is 0.226 e. The minimum atomic E-state index is 0.0400. The predicted octanol–water partition coefficient (Wildman–Crippen LogP) is 2.11. The number of nitrogens with one attached hydrogen (secondary N) is 2. The topological polar surface area (TPSA) is 61.0 Å². The number of carbonyl (C=O) groups is 1. The van der Waals surface area contributed by atoms with Gasteiger partial charge in [0.15, 0.2) is 0 Å². The highest BCUT2D eigenvalue weighted by Gasteiger charge is 2.25. The summed E-state index contributed by atoms with van der Waals surface area (Å²) in [5.74, 6) is 0.0400. The summed E-state index contributed by atoms with van der Waals surface area (Å²) in [5.41, 5.74) is 2.02. The molecule has 5 nitrogen and oxygen atoms in total. The summed E-state index contributed by atoms with van der Waals surface area (Å²) >= 11 is 3.58. The van der Waals surface area contributed by atoms with Crippen LogP contribution in [0.25, 0.3) is 0 Å². The molecular weight excluding hydrogens is 332 g/mol. The van der Waals surface area contributed by atoms with Gasteiger partial charge in [0.05, 0.1) is 12.1 Å². The highest BCUT2D eigenvalue weighted by Crippen LogP contribution is 2.28. The fraction of sp³-hybridized carbons (Fsp3) is 0.333. The van der Waals surface area contributed by atoms with Crippen LogP contribution < -0.4 is 10.2 Å². The Labute approximate surface area is 131 Å². The van der Waals surface area contributed by atoms with Crippen molar-refractivity contribution < 1.29 is 4.79 Å². The van der Waals surface area contributed by atoms with E-state index in [9.17, 15) is 4.79 Å². The summed E-state index contributed by atoms with van der Waals surface area (Å²) in [7, 11) is 0. The average Bonchev–Trinajstić information content (AvgIpc) is 3.11. The second-order valence-electron chi connectivity index (χ2n) is 5.21. The molecule has 2 heterocycles. The maximum absolute atomic E-state index is 12.0. The number of aromatic nitrogens is 2. The number of anilines is 1. The molecule has 110 valence electrons. The number of rotatable bonds is 4. The summed E-state index contributed by atoms with van der Waals surface area (Å²) in [6.45, 7) is 1.80. The van der Waals surface area contributed by atoms with E-state index in [0.29, 0.717) is 6.42 Å². The monoisotopic (exact) mass is 348 g/mol. The van der Waals surface area contributed by atoms with Crippen molar-refractivity contribution in [2.45, 2.75) is 18.9 Å². The number of hydrogen-bond acceptors (Lipinski definition) is 3. The Morgan fingerprint density at radius 1 is 1.43 bits per heavy atom. The third-order valence-electron chi connectivity index (χ3n) is 3.66. The molecule has 21 heavy (non-hydrogen) atoms. The minimum Gasteiger partial charge on any atom is -0.368 e. The Balaban J connectivity index is 1.55. The van der Waals surface area contributed by atoms with E-state index < -0.39 is 0 Å². The lowest BCUT2D eigenvalue weighted by atomic mass is 10.2. The molecule has 1 fully saturated rings. The molecule has 0 saturated carbocycles. The second kappa shape index (κ2) is 6.30. The van der Waals surface area contributed by atoms with Crippen LogP contribution in [0.5, 0.6) is 0 Å². The summed E-state index contributed by atoms with van der Waals surface area (Å²) in [6.07, 6.45) is 2.98. The average molecular weight is 349 g/mol. The van der Waals surface area contributed by atoms with Crippen LogP contribution in [0.2, 0.25) is 0 Å². The van der Waals surface area contributed by atoms with Gasteiger partial charge in [-0.15, -0.1) is 0 Å². The molecule has 0 unspecified atom stereocenters. The number of H-pyrrole nitrogens is 1. The van der Waals surface area contributed by atoms with Gasteiger partial charge in [-0.25, -0.2) is 0 Å². The standard InChI is InChI=1S/C15H17BrN4O/c16-13-3-1-2-4-14(13)20-8-6-12(10-20)18-15(21)9-11-5-7-17-19-11/h1-5,7,12H,6,8-10H2,(H,17,19)(H,18,21)/t12-/m1/s1. The van der Waals surface area contributed by atoms with Crippen molar-refractivity contribution in [2.24, 2.45) is 0 Å². The number of carbonyl (C=O) groups excluding carboxylic acids is 1. The Kier molecular flexibility index (Phi) is 4.24. The number of para-hydroxylation sites is 1. The maximum atomic E-state index is 12.0. The molecule has 6 heteroatoms. The highest BCUT2D eigenvalue weighted by atomic mass is 79.9. The lowest BCUT2D eigenvalue weighted by Gasteiger charge is -2.20. The second-order valence-corrected chi connectivity index (χ2v) is 6.06. The van der Waals surface area contributed by atoms with Gasteiger partial charge in [0.1, 0.15) is 0 Å². The third-order valence-corrected chi connectivity index (χ3v) is 4.33. The highest BCUT2D eigenvalue weighted by molar-refractivity contribution is 9.10. The molecule has 1 amide bonds. The van der Waals surface area contributed by atoms with Crippen LogP contribution in [-0.4, -0.2) is 35.2 Å². The van der Waals surface area contributed by atoms with Gasteiger partial charge in [-0.2, -0.15) is 5.10 Å². The zero-order valence-electron chi connectivity index (χ0n) is 11.6. The fourth-order valence-corrected chi connectivity index (χ4v) is 3.18. The van der Waals surface area contributed by atoms with Crippen molar-refractivity contribution in [1.29, 1.82) is 0 Å². The number of amides is 1. The van der Waals surface area contributed by atoms with Crippen LogP contribution in [0.4, 0.5) is 5.69 Å². The quantitative estimate of drug-likeness (QED) is 0.889. The molecule has 1 saturated heterocycles. The summed E-state index contributed by atoms with van der Waals surface area (Å²) in [4.78, 5) is 14.3. The Morgan fingerprint density at radius 3 is 3.05 bits per heavy atom. The van der Waals surface area contributed by atoms with E-state index >= 15 is 0 Å². The van der Waals surface area contributed by atoms with Crippen LogP contribution in [0.15, 0.2) is 41.0 Å². The van der Waals surface area contributed by atoms with Crippen LogP contribution in [-0.2, 0) is 11.2 Å². The molecular formula is C15H17BrN4O. The number of benzene rings is 1. The van der Waals surface area contributed by atoms with Gasteiger partial charge in [-0.3, -0.25) is 9.89 Å². The van der Waals surface area contributed by atoms with E-state index in [0.717, 1.165) is 29.7 Å². The first kappa shape index (κ1) is 14.1.